The maximum atomic E-state index is 11.7. The summed E-state index contributed by atoms with van der Waals surface area (Å²) < 4.78 is 37.1. The number of likely N-dealkylation sites (tertiary alicyclic amines) is 1. The Morgan fingerprint density at radius 3 is 2.27 bits per heavy atom. The number of carboxylic acids is 1. The van der Waals surface area contributed by atoms with Crippen molar-refractivity contribution in [2.75, 3.05) is 43.5 Å². The highest BCUT2D eigenvalue weighted by Crippen LogP contribution is 2.33. The number of alkyl halides is 3. The Morgan fingerprint density at radius 2 is 1.73 bits per heavy atom. The lowest BCUT2D eigenvalue weighted by atomic mass is 10.0. The second-order valence-corrected chi connectivity index (χ2v) is 10.2. The predicted molar refractivity (Wildman–Crippen MR) is 146 cm³/mol. The number of amides is 1. The van der Waals surface area contributed by atoms with Crippen LogP contribution in [0.5, 0.6) is 5.75 Å². The van der Waals surface area contributed by atoms with Crippen LogP contribution in [0.2, 0.25) is 5.02 Å². The topological polar surface area (TPSA) is 114 Å². The molecule has 1 unspecified atom stereocenters. The van der Waals surface area contributed by atoms with Crippen LogP contribution in [0.15, 0.2) is 42.5 Å². The van der Waals surface area contributed by atoms with E-state index in [1.807, 2.05) is 30.3 Å². The summed E-state index contributed by atoms with van der Waals surface area (Å²) in [4.78, 5) is 25.1. The summed E-state index contributed by atoms with van der Waals surface area (Å²) >= 11 is 5.99. The second kappa shape index (κ2) is 14.0. The molecule has 2 atom stereocenters. The maximum Gasteiger partial charge on any atom is 0.490 e. The number of benzene rings is 2. The van der Waals surface area contributed by atoms with E-state index in [9.17, 15) is 23.1 Å². The molecule has 2 fully saturated rings. The molecule has 4 rings (SSSR count). The first-order valence-corrected chi connectivity index (χ1v) is 13.1. The van der Waals surface area contributed by atoms with Gasteiger partial charge in [-0.3, -0.25) is 9.69 Å². The van der Waals surface area contributed by atoms with Crippen LogP contribution in [-0.4, -0.2) is 84.6 Å². The highest BCUT2D eigenvalue weighted by Gasteiger charge is 2.38. The molecular weight excluding hydrogens is 553 g/mol. The average Bonchev–Trinajstić information content (AvgIpc) is 3.26. The van der Waals surface area contributed by atoms with Crippen molar-refractivity contribution in [3.63, 3.8) is 0 Å². The molecule has 220 valence electrons. The van der Waals surface area contributed by atoms with Gasteiger partial charge in [-0.1, -0.05) is 23.7 Å². The van der Waals surface area contributed by atoms with Gasteiger partial charge in [0.1, 0.15) is 5.75 Å². The third-order valence-electron chi connectivity index (χ3n) is 6.74. The van der Waals surface area contributed by atoms with E-state index in [-0.39, 0.29) is 11.9 Å². The number of nitrogens with zero attached hydrogens (tertiary/aromatic N) is 2. The highest BCUT2D eigenvalue weighted by atomic mass is 35.5. The molecule has 0 bridgehead atoms. The number of aliphatic hydroxyl groups is 1. The van der Waals surface area contributed by atoms with Gasteiger partial charge in [0.05, 0.1) is 30.6 Å². The Balaban J connectivity index is 0.000000559. The average molecular weight is 587 g/mol. The molecular formula is C27H34ClF3N4O5. The zero-order valence-electron chi connectivity index (χ0n) is 22.2. The van der Waals surface area contributed by atoms with Gasteiger partial charge in [0.15, 0.2) is 0 Å². The third-order valence-corrected chi connectivity index (χ3v) is 7.00. The minimum Gasteiger partial charge on any atom is -0.497 e. The summed E-state index contributed by atoms with van der Waals surface area (Å²) in [6.07, 6.45) is -3.46. The molecule has 2 aromatic carbocycles. The normalized spacial score (nSPS) is 20.0. The van der Waals surface area contributed by atoms with Crippen LogP contribution in [-0.2, 0) is 16.1 Å². The number of halogens is 4. The van der Waals surface area contributed by atoms with Gasteiger partial charge in [0.2, 0.25) is 5.91 Å². The number of nitrogens with one attached hydrogen (secondary N) is 2. The SMILES string of the molecule is COc1ccc(NC(C)=O)c(N2CC(NC3CCN(Cc4ccc(Cl)cc4)CC3)[C@H](O)C2)c1.O=C(O)C(F)(F)F. The minimum absolute atomic E-state index is 0.0193. The molecule has 0 aliphatic carbocycles. The summed E-state index contributed by atoms with van der Waals surface area (Å²) in [5, 5.41) is 25.3. The number of methoxy groups -OCH3 is 1. The number of rotatable bonds is 7. The van der Waals surface area contributed by atoms with Crippen molar-refractivity contribution >= 4 is 34.9 Å². The quantitative estimate of drug-likeness (QED) is 0.388. The molecule has 0 saturated carbocycles. The van der Waals surface area contributed by atoms with Crippen molar-refractivity contribution < 1.29 is 37.7 Å². The Hall–Kier alpha value is -3.06. The van der Waals surface area contributed by atoms with Crippen LogP contribution < -0.4 is 20.3 Å². The van der Waals surface area contributed by atoms with Gasteiger partial charge in [0, 0.05) is 43.7 Å². The summed E-state index contributed by atoms with van der Waals surface area (Å²) in [6.45, 7) is 5.66. The smallest absolute Gasteiger partial charge is 0.490 e. The van der Waals surface area contributed by atoms with Crippen LogP contribution in [0.25, 0.3) is 0 Å². The number of hydrogen-bond acceptors (Lipinski definition) is 7. The van der Waals surface area contributed by atoms with Crippen molar-refractivity contribution in [1.82, 2.24) is 10.2 Å². The number of β-amino-alcohol motifs (C(OH)–C–C–N with tert-alkyl or cyclic N) is 1. The van der Waals surface area contributed by atoms with E-state index < -0.39 is 18.2 Å². The Bertz CT molecular complexity index is 1140. The van der Waals surface area contributed by atoms with E-state index in [1.54, 1.807) is 7.11 Å². The van der Waals surface area contributed by atoms with Crippen LogP contribution in [0, 0.1) is 0 Å². The first-order valence-electron chi connectivity index (χ1n) is 12.8. The van der Waals surface area contributed by atoms with Crippen LogP contribution >= 0.6 is 11.6 Å². The van der Waals surface area contributed by atoms with Gasteiger partial charge in [-0.15, -0.1) is 0 Å². The number of carboxylic acid groups (broad SMARTS) is 1. The van der Waals surface area contributed by atoms with Crippen molar-refractivity contribution in [2.24, 2.45) is 0 Å². The molecule has 2 aliphatic heterocycles. The van der Waals surface area contributed by atoms with E-state index in [0.29, 0.717) is 19.1 Å². The summed E-state index contributed by atoms with van der Waals surface area (Å²) in [5.41, 5.74) is 2.87. The molecule has 13 heteroatoms. The number of hydrogen-bond donors (Lipinski definition) is 4. The monoisotopic (exact) mass is 586 g/mol. The number of carbonyl (C=O) groups excluding carboxylic acids is 1. The number of ether oxygens (including phenoxy) is 1. The van der Waals surface area contributed by atoms with Gasteiger partial charge in [0.25, 0.3) is 0 Å². The molecule has 2 heterocycles. The number of anilines is 2. The van der Waals surface area contributed by atoms with Crippen LogP contribution in [0.1, 0.15) is 25.3 Å². The Labute approximate surface area is 235 Å². The van der Waals surface area contributed by atoms with Gasteiger partial charge in [-0.25, -0.2) is 4.79 Å². The lowest BCUT2D eigenvalue weighted by molar-refractivity contribution is -0.192. The third kappa shape index (κ3) is 9.26. The lowest BCUT2D eigenvalue weighted by Gasteiger charge is -2.34. The van der Waals surface area contributed by atoms with Crippen molar-refractivity contribution in [3.05, 3.63) is 53.1 Å². The molecule has 2 saturated heterocycles. The zero-order valence-corrected chi connectivity index (χ0v) is 23.0. The van der Waals surface area contributed by atoms with Crippen molar-refractivity contribution in [3.8, 4) is 5.75 Å². The fourth-order valence-corrected chi connectivity index (χ4v) is 4.88. The maximum absolute atomic E-state index is 11.7. The number of carbonyl (C=O) groups is 2. The minimum atomic E-state index is -5.08. The van der Waals surface area contributed by atoms with Gasteiger partial charge >= 0.3 is 12.1 Å². The molecule has 40 heavy (non-hydrogen) atoms. The first-order chi connectivity index (χ1) is 18.8. The highest BCUT2D eigenvalue weighted by molar-refractivity contribution is 6.30. The molecule has 1 amide bonds. The molecule has 9 nitrogen and oxygen atoms in total. The zero-order chi connectivity index (χ0) is 29.4. The van der Waals surface area contributed by atoms with E-state index in [0.717, 1.165) is 54.6 Å². The number of piperidine rings is 1. The molecule has 0 aromatic heterocycles. The van der Waals surface area contributed by atoms with Gasteiger partial charge < -0.3 is 30.5 Å². The number of aliphatic carboxylic acids is 1. The largest absolute Gasteiger partial charge is 0.497 e. The standard InChI is InChI=1S/C25H33ClN4O3.C2HF3O2/c1-17(31)27-22-8-7-21(33-2)13-24(22)30-15-23(25(32)16-30)28-20-9-11-29(12-10-20)14-18-3-5-19(26)6-4-18;3-2(4,5)1(6)7/h3-8,13,20,23,25,28,32H,9-12,14-16H2,1-2H3,(H,27,31);(H,6,7)/t23?,25-;/m1./s1. The van der Waals surface area contributed by atoms with E-state index >= 15 is 0 Å². The summed E-state index contributed by atoms with van der Waals surface area (Å²) in [6, 6.07) is 14.0. The molecule has 2 aromatic rings. The molecule has 0 radical (unpaired) electrons. The molecule has 2 aliphatic rings. The van der Waals surface area contributed by atoms with Crippen LogP contribution in [0.4, 0.5) is 24.5 Å². The predicted octanol–water partition coefficient (Wildman–Crippen LogP) is 3.74. The fraction of sp³-hybridized carbons (Fsp3) is 0.481. The summed E-state index contributed by atoms with van der Waals surface area (Å²) in [5.74, 6) is -2.16. The fourth-order valence-electron chi connectivity index (χ4n) is 4.75. The van der Waals surface area contributed by atoms with E-state index in [4.69, 9.17) is 26.2 Å². The van der Waals surface area contributed by atoms with Gasteiger partial charge in [-0.2, -0.15) is 13.2 Å². The van der Waals surface area contributed by atoms with Crippen LogP contribution in [0.3, 0.4) is 0 Å². The Kier molecular flexibility index (Phi) is 11.0. The van der Waals surface area contributed by atoms with E-state index in [1.165, 1.54) is 12.5 Å². The van der Waals surface area contributed by atoms with Gasteiger partial charge in [-0.05, 0) is 55.8 Å². The summed E-state index contributed by atoms with van der Waals surface area (Å²) in [7, 11) is 1.62. The second-order valence-electron chi connectivity index (χ2n) is 9.79. The van der Waals surface area contributed by atoms with E-state index in [2.05, 4.69) is 32.6 Å². The van der Waals surface area contributed by atoms with Crippen molar-refractivity contribution in [1.29, 1.82) is 0 Å². The molecule has 4 N–H and O–H groups in total. The number of aliphatic hydroxyl groups excluding tert-OH is 1. The lowest BCUT2D eigenvalue weighted by Crippen LogP contribution is -2.49. The first kappa shape index (κ1) is 31.5. The van der Waals surface area contributed by atoms with Crippen molar-refractivity contribution in [2.45, 2.75) is 50.7 Å². The molecule has 0 spiro atoms. The Morgan fingerprint density at radius 1 is 1.10 bits per heavy atom.